The van der Waals surface area contributed by atoms with Gasteiger partial charge in [-0.3, -0.25) is 4.79 Å². The number of halogens is 1. The maximum atomic E-state index is 12.7. The minimum Gasteiger partial charge on any atom is -0.486 e. The molecule has 2 nitrogen and oxygen atoms in total. The molecule has 0 bridgehead atoms. The van der Waals surface area contributed by atoms with Gasteiger partial charge in [0.05, 0.1) is 0 Å². The molecule has 0 unspecified atom stereocenters. The molecule has 0 saturated carbocycles. The van der Waals surface area contributed by atoms with Crippen molar-refractivity contribution in [3.05, 3.63) is 36.2 Å². The van der Waals surface area contributed by atoms with Crippen LogP contribution in [0, 0.1) is 5.82 Å². The summed E-state index contributed by atoms with van der Waals surface area (Å²) in [4.78, 5) is 10.0. The van der Waals surface area contributed by atoms with Crippen LogP contribution in [-0.2, 0) is 4.79 Å². The molecular weight excluding hydrogens is 171 g/mol. The van der Waals surface area contributed by atoms with Crippen molar-refractivity contribution in [3.8, 4) is 5.75 Å². The van der Waals surface area contributed by atoms with Gasteiger partial charge in [-0.15, -0.1) is 0 Å². The molecular formula is C10H9FO2. The average Bonchev–Trinajstić information content (AvgIpc) is 2.16. The Balaban J connectivity index is 2.91. The lowest BCUT2D eigenvalue weighted by Gasteiger charge is -2.05. The summed E-state index contributed by atoms with van der Waals surface area (Å²) in [7, 11) is 0. The summed E-state index contributed by atoms with van der Waals surface area (Å²) in [5, 5.41) is 0. The van der Waals surface area contributed by atoms with Crippen molar-refractivity contribution in [1.82, 2.24) is 0 Å². The molecule has 68 valence electrons. The van der Waals surface area contributed by atoms with Crippen LogP contribution in [0.5, 0.6) is 5.75 Å². The van der Waals surface area contributed by atoms with Gasteiger partial charge in [0.1, 0.15) is 18.2 Å². The molecule has 0 aliphatic rings. The quantitative estimate of drug-likeness (QED) is 0.663. The summed E-state index contributed by atoms with van der Waals surface area (Å²) >= 11 is 0. The van der Waals surface area contributed by atoms with E-state index in [1.54, 1.807) is 0 Å². The standard InChI is InChI=1S/C10H9FO2/c1-2-8-7-9(11)3-4-10(8)13-6-5-12/h2-5,7H,1,6H2. The molecule has 0 fully saturated rings. The number of carbonyl (C=O) groups is 1. The average molecular weight is 180 g/mol. The fourth-order valence-corrected chi connectivity index (χ4v) is 0.934. The third kappa shape index (κ3) is 2.40. The predicted octanol–water partition coefficient (Wildman–Crippen LogP) is 2.05. The second kappa shape index (κ2) is 4.40. The van der Waals surface area contributed by atoms with Gasteiger partial charge < -0.3 is 4.74 Å². The molecule has 0 spiro atoms. The minimum absolute atomic E-state index is 0.0352. The second-order valence-electron chi connectivity index (χ2n) is 2.36. The molecule has 0 atom stereocenters. The zero-order valence-corrected chi connectivity index (χ0v) is 7.00. The molecule has 1 aromatic rings. The van der Waals surface area contributed by atoms with E-state index in [2.05, 4.69) is 6.58 Å². The summed E-state index contributed by atoms with van der Waals surface area (Å²) in [6.45, 7) is 3.47. The number of rotatable bonds is 4. The summed E-state index contributed by atoms with van der Waals surface area (Å²) < 4.78 is 17.7. The van der Waals surface area contributed by atoms with Crippen molar-refractivity contribution in [1.29, 1.82) is 0 Å². The van der Waals surface area contributed by atoms with Crippen LogP contribution >= 0.6 is 0 Å². The van der Waals surface area contributed by atoms with E-state index in [0.29, 0.717) is 17.6 Å². The van der Waals surface area contributed by atoms with Gasteiger partial charge in [0.15, 0.2) is 6.29 Å². The smallest absolute Gasteiger partial charge is 0.157 e. The summed E-state index contributed by atoms with van der Waals surface area (Å²) in [5.41, 5.74) is 0.543. The normalized spacial score (nSPS) is 9.31. The highest BCUT2D eigenvalue weighted by molar-refractivity contribution is 5.57. The van der Waals surface area contributed by atoms with Crippen LogP contribution < -0.4 is 4.74 Å². The Morgan fingerprint density at radius 2 is 2.31 bits per heavy atom. The molecule has 0 radical (unpaired) electrons. The van der Waals surface area contributed by atoms with Gasteiger partial charge in [0.25, 0.3) is 0 Å². The molecule has 0 heterocycles. The van der Waals surface area contributed by atoms with E-state index in [-0.39, 0.29) is 12.4 Å². The summed E-state index contributed by atoms with van der Waals surface area (Å²) in [6, 6.07) is 4.04. The fraction of sp³-hybridized carbons (Fsp3) is 0.100. The van der Waals surface area contributed by atoms with E-state index in [1.165, 1.54) is 24.3 Å². The van der Waals surface area contributed by atoms with E-state index in [0.717, 1.165) is 0 Å². The van der Waals surface area contributed by atoms with Crippen molar-refractivity contribution < 1.29 is 13.9 Å². The third-order valence-electron chi connectivity index (χ3n) is 1.50. The Bertz CT molecular complexity index is 321. The topological polar surface area (TPSA) is 26.3 Å². The Labute approximate surface area is 75.6 Å². The Kier molecular flexibility index (Phi) is 3.20. The molecule has 0 aliphatic carbocycles. The summed E-state index contributed by atoms with van der Waals surface area (Å²) in [6.07, 6.45) is 2.11. The first-order valence-electron chi connectivity index (χ1n) is 3.76. The van der Waals surface area contributed by atoms with Crippen LogP contribution in [0.15, 0.2) is 24.8 Å². The van der Waals surface area contributed by atoms with E-state index in [9.17, 15) is 9.18 Å². The van der Waals surface area contributed by atoms with Gasteiger partial charge in [0.2, 0.25) is 0 Å². The first kappa shape index (κ1) is 9.45. The minimum atomic E-state index is -0.353. The molecule has 0 N–H and O–H groups in total. The lowest BCUT2D eigenvalue weighted by atomic mass is 10.2. The van der Waals surface area contributed by atoms with Crippen LogP contribution in [0.4, 0.5) is 4.39 Å². The van der Waals surface area contributed by atoms with Gasteiger partial charge >= 0.3 is 0 Å². The third-order valence-corrected chi connectivity index (χ3v) is 1.50. The molecule has 13 heavy (non-hydrogen) atoms. The largest absolute Gasteiger partial charge is 0.486 e. The van der Waals surface area contributed by atoms with Gasteiger partial charge in [-0.05, 0) is 18.2 Å². The zero-order chi connectivity index (χ0) is 9.68. The van der Waals surface area contributed by atoms with Gasteiger partial charge in [0, 0.05) is 5.56 Å². The lowest BCUT2D eigenvalue weighted by Crippen LogP contribution is -1.99. The van der Waals surface area contributed by atoms with E-state index in [1.807, 2.05) is 0 Å². The number of hydrogen-bond acceptors (Lipinski definition) is 2. The van der Waals surface area contributed by atoms with Crippen molar-refractivity contribution in [2.45, 2.75) is 0 Å². The number of aldehydes is 1. The zero-order valence-electron chi connectivity index (χ0n) is 7.00. The van der Waals surface area contributed by atoms with Gasteiger partial charge in [-0.1, -0.05) is 12.7 Å². The molecule has 0 aliphatic heterocycles. The van der Waals surface area contributed by atoms with Crippen molar-refractivity contribution in [3.63, 3.8) is 0 Å². The maximum absolute atomic E-state index is 12.7. The maximum Gasteiger partial charge on any atom is 0.157 e. The second-order valence-corrected chi connectivity index (χ2v) is 2.36. The monoisotopic (exact) mass is 180 g/mol. The first-order valence-corrected chi connectivity index (χ1v) is 3.76. The molecule has 1 rings (SSSR count). The van der Waals surface area contributed by atoms with Gasteiger partial charge in [-0.25, -0.2) is 4.39 Å². The number of hydrogen-bond donors (Lipinski definition) is 0. The number of carbonyl (C=O) groups excluding carboxylic acids is 1. The molecule has 0 saturated heterocycles. The van der Waals surface area contributed by atoms with Crippen LogP contribution in [0.3, 0.4) is 0 Å². The number of benzene rings is 1. The highest BCUT2D eigenvalue weighted by Gasteiger charge is 2.01. The Morgan fingerprint density at radius 1 is 1.54 bits per heavy atom. The highest BCUT2D eigenvalue weighted by atomic mass is 19.1. The van der Waals surface area contributed by atoms with Crippen LogP contribution in [0.1, 0.15) is 5.56 Å². The van der Waals surface area contributed by atoms with Crippen LogP contribution in [-0.4, -0.2) is 12.9 Å². The number of ether oxygens (including phenoxy) is 1. The van der Waals surface area contributed by atoms with Gasteiger partial charge in [-0.2, -0.15) is 0 Å². The fourth-order valence-electron chi connectivity index (χ4n) is 0.934. The summed E-state index contributed by atoms with van der Waals surface area (Å²) in [5.74, 6) is 0.108. The molecule has 1 aromatic carbocycles. The van der Waals surface area contributed by atoms with E-state index >= 15 is 0 Å². The first-order chi connectivity index (χ1) is 6.27. The highest BCUT2D eigenvalue weighted by Crippen LogP contribution is 2.20. The molecule has 0 aromatic heterocycles. The SMILES string of the molecule is C=Cc1cc(F)ccc1OCC=O. The predicted molar refractivity (Wildman–Crippen MR) is 48.1 cm³/mol. The van der Waals surface area contributed by atoms with Crippen molar-refractivity contribution in [2.75, 3.05) is 6.61 Å². The molecule has 3 heteroatoms. The van der Waals surface area contributed by atoms with Crippen molar-refractivity contribution in [2.24, 2.45) is 0 Å². The van der Waals surface area contributed by atoms with E-state index < -0.39 is 0 Å². The van der Waals surface area contributed by atoms with Crippen LogP contribution in [0.25, 0.3) is 6.08 Å². The molecule has 0 amide bonds. The Hall–Kier alpha value is -1.64. The lowest BCUT2D eigenvalue weighted by molar-refractivity contribution is -0.109. The van der Waals surface area contributed by atoms with Crippen LogP contribution in [0.2, 0.25) is 0 Å². The Morgan fingerprint density at radius 3 is 2.92 bits per heavy atom. The van der Waals surface area contributed by atoms with Crippen molar-refractivity contribution >= 4 is 12.4 Å². The van der Waals surface area contributed by atoms with E-state index in [4.69, 9.17) is 4.74 Å².